The summed E-state index contributed by atoms with van der Waals surface area (Å²) in [6.45, 7) is 6.04. The zero-order chi connectivity index (χ0) is 21.8. The first-order chi connectivity index (χ1) is 14.8. The molecule has 6 nitrogen and oxygen atoms in total. The average molecular weight is 422 g/mol. The van der Waals surface area contributed by atoms with Gasteiger partial charge in [-0.2, -0.15) is 9.97 Å². The number of nitrogen functional groups attached to an aromatic ring is 1. The summed E-state index contributed by atoms with van der Waals surface area (Å²) < 4.78 is 13.7. The molecule has 3 heterocycles. The minimum atomic E-state index is -0.397. The number of hydrogen-bond donors (Lipinski definition) is 2. The van der Waals surface area contributed by atoms with E-state index in [4.69, 9.17) is 10.7 Å². The van der Waals surface area contributed by atoms with Crippen LogP contribution in [-0.4, -0.2) is 28.8 Å². The van der Waals surface area contributed by atoms with Gasteiger partial charge in [-0.1, -0.05) is 26.0 Å². The second-order valence-corrected chi connectivity index (χ2v) is 9.66. The summed E-state index contributed by atoms with van der Waals surface area (Å²) >= 11 is 0. The highest BCUT2D eigenvalue weighted by molar-refractivity contribution is 6.02. The van der Waals surface area contributed by atoms with Gasteiger partial charge >= 0.3 is 0 Å². The van der Waals surface area contributed by atoms with Gasteiger partial charge in [-0.25, -0.2) is 4.39 Å². The second kappa shape index (κ2) is 7.32. The number of nitrogens with zero attached hydrogens (tertiary/aromatic N) is 3. The highest BCUT2D eigenvalue weighted by Gasteiger charge is 2.42. The van der Waals surface area contributed by atoms with E-state index in [1.165, 1.54) is 18.6 Å². The lowest BCUT2D eigenvalue weighted by molar-refractivity contribution is -0.118. The summed E-state index contributed by atoms with van der Waals surface area (Å²) in [4.78, 5) is 24.9. The molecule has 0 bridgehead atoms. The van der Waals surface area contributed by atoms with Crippen LogP contribution in [-0.2, 0) is 4.79 Å². The van der Waals surface area contributed by atoms with Gasteiger partial charge in [0.15, 0.2) is 5.78 Å². The Kier molecular flexibility index (Phi) is 4.72. The number of anilines is 3. The number of nitrogens with two attached hydrogens (primary N) is 1. The third-order valence-corrected chi connectivity index (χ3v) is 6.57. The van der Waals surface area contributed by atoms with Crippen molar-refractivity contribution >= 4 is 23.4 Å². The van der Waals surface area contributed by atoms with Crippen LogP contribution in [0.15, 0.2) is 35.5 Å². The third-order valence-electron chi connectivity index (χ3n) is 6.57. The van der Waals surface area contributed by atoms with Gasteiger partial charge in [0.25, 0.3) is 0 Å². The molecule has 7 heteroatoms. The van der Waals surface area contributed by atoms with Crippen LogP contribution in [0.25, 0.3) is 0 Å². The molecule has 0 saturated carbocycles. The summed E-state index contributed by atoms with van der Waals surface area (Å²) in [5.74, 6) is 1.05. The number of ketones is 1. The lowest BCUT2D eigenvalue weighted by Gasteiger charge is -2.39. The SMILES string of the molecule is CC1(C)CC(=O)C2=C(C1)Nc1nc(N3CCCCC3)nc(N)c1C2c1ccc(F)cc1. The standard InChI is InChI=1S/C24H28FN5O/c1-24(2)12-16-19(17(31)13-24)18(14-6-8-15(25)9-7-14)20-21(26)28-23(29-22(20)27-16)30-10-4-3-5-11-30/h6-9,18H,3-5,10-13H2,1-2H3,(H3,26,27,28,29). The molecule has 31 heavy (non-hydrogen) atoms. The molecule has 2 aliphatic heterocycles. The summed E-state index contributed by atoms with van der Waals surface area (Å²) in [6.07, 6.45) is 4.66. The number of aromatic nitrogens is 2. The molecule has 1 aliphatic carbocycles. The Labute approximate surface area is 181 Å². The van der Waals surface area contributed by atoms with E-state index in [0.29, 0.717) is 35.1 Å². The maximum absolute atomic E-state index is 13.7. The fourth-order valence-electron chi connectivity index (χ4n) is 5.15. The van der Waals surface area contributed by atoms with Crippen LogP contribution in [0.5, 0.6) is 0 Å². The Bertz CT molecular complexity index is 1070. The van der Waals surface area contributed by atoms with Crippen molar-refractivity contribution in [3.8, 4) is 0 Å². The van der Waals surface area contributed by atoms with Crippen LogP contribution < -0.4 is 16.0 Å². The Hall–Kier alpha value is -2.96. The molecule has 3 aliphatic rings. The fraction of sp³-hybridized carbons (Fsp3) is 0.458. The van der Waals surface area contributed by atoms with Crippen LogP contribution in [0.3, 0.4) is 0 Å². The largest absolute Gasteiger partial charge is 0.383 e. The molecule has 0 radical (unpaired) electrons. The monoisotopic (exact) mass is 421 g/mol. The van der Waals surface area contributed by atoms with Gasteiger partial charge in [-0.05, 0) is 48.8 Å². The summed E-state index contributed by atoms with van der Waals surface area (Å²) in [6, 6.07) is 6.30. The molecule has 0 amide bonds. The molecular formula is C24H28FN5O. The van der Waals surface area contributed by atoms with Gasteiger partial charge in [0, 0.05) is 42.3 Å². The van der Waals surface area contributed by atoms with Gasteiger partial charge in [-0.15, -0.1) is 0 Å². The third kappa shape index (κ3) is 3.56. The molecule has 162 valence electrons. The highest BCUT2D eigenvalue weighted by Crippen LogP contribution is 2.50. The van der Waals surface area contributed by atoms with Crippen molar-refractivity contribution < 1.29 is 9.18 Å². The molecular weight excluding hydrogens is 393 g/mol. The average Bonchev–Trinajstić information content (AvgIpc) is 2.72. The molecule has 5 rings (SSSR count). The van der Waals surface area contributed by atoms with E-state index in [1.54, 1.807) is 12.1 Å². The van der Waals surface area contributed by atoms with Crippen molar-refractivity contribution in [2.45, 2.75) is 51.9 Å². The molecule has 1 saturated heterocycles. The van der Waals surface area contributed by atoms with Crippen LogP contribution in [0, 0.1) is 11.2 Å². The highest BCUT2D eigenvalue weighted by atomic mass is 19.1. The van der Waals surface area contributed by atoms with Crippen molar-refractivity contribution in [1.29, 1.82) is 0 Å². The number of carbonyl (C=O) groups excluding carboxylic acids is 1. The number of nitrogens with one attached hydrogen (secondary N) is 1. The number of piperidine rings is 1. The van der Waals surface area contributed by atoms with E-state index in [1.807, 2.05) is 0 Å². The van der Waals surface area contributed by atoms with Gasteiger partial charge < -0.3 is 16.0 Å². The van der Waals surface area contributed by atoms with Gasteiger partial charge in [-0.3, -0.25) is 4.79 Å². The van der Waals surface area contributed by atoms with Crippen LogP contribution in [0.2, 0.25) is 0 Å². The first-order valence-electron chi connectivity index (χ1n) is 11.0. The maximum Gasteiger partial charge on any atom is 0.229 e. The first-order valence-corrected chi connectivity index (χ1v) is 11.0. The van der Waals surface area contributed by atoms with Crippen molar-refractivity contribution in [3.05, 3.63) is 52.5 Å². The topological polar surface area (TPSA) is 84.1 Å². The predicted octanol–water partition coefficient (Wildman–Crippen LogP) is 4.39. The van der Waals surface area contributed by atoms with E-state index in [-0.39, 0.29) is 17.0 Å². The summed E-state index contributed by atoms with van der Waals surface area (Å²) in [5.41, 5.74) is 9.50. The van der Waals surface area contributed by atoms with Gasteiger partial charge in [0.05, 0.1) is 0 Å². The van der Waals surface area contributed by atoms with E-state index < -0.39 is 5.92 Å². The Morgan fingerprint density at radius 1 is 1.10 bits per heavy atom. The molecule has 1 unspecified atom stereocenters. The normalized spacial score (nSPS) is 22.6. The summed E-state index contributed by atoms with van der Waals surface area (Å²) in [5, 5.41) is 3.44. The first kappa shape index (κ1) is 20.0. The Balaban J connectivity index is 1.67. The molecule has 2 aromatic rings. The number of Topliss-reactive ketones (excluding diaryl/α,β-unsaturated/α-hetero) is 1. The van der Waals surface area contributed by atoms with Gasteiger partial charge in [0.1, 0.15) is 17.5 Å². The fourth-order valence-corrected chi connectivity index (χ4v) is 5.15. The lowest BCUT2D eigenvalue weighted by atomic mass is 9.69. The van der Waals surface area contributed by atoms with Crippen LogP contribution in [0.4, 0.5) is 22.0 Å². The second-order valence-electron chi connectivity index (χ2n) is 9.66. The number of rotatable bonds is 2. The van der Waals surface area contributed by atoms with Crippen molar-refractivity contribution in [2.75, 3.05) is 29.0 Å². The number of halogens is 1. The molecule has 1 atom stereocenters. The number of hydrogen-bond acceptors (Lipinski definition) is 6. The molecule has 1 fully saturated rings. The maximum atomic E-state index is 13.7. The zero-order valence-electron chi connectivity index (χ0n) is 18.0. The van der Waals surface area contributed by atoms with E-state index in [2.05, 4.69) is 29.0 Å². The zero-order valence-corrected chi connectivity index (χ0v) is 18.0. The molecule has 3 N–H and O–H groups in total. The Morgan fingerprint density at radius 3 is 2.52 bits per heavy atom. The van der Waals surface area contributed by atoms with Gasteiger partial charge in [0.2, 0.25) is 5.95 Å². The van der Waals surface area contributed by atoms with Crippen LogP contribution >= 0.6 is 0 Å². The quantitative estimate of drug-likeness (QED) is 0.748. The molecule has 1 aromatic carbocycles. The molecule has 1 aromatic heterocycles. The minimum absolute atomic E-state index is 0.0956. The number of carbonyl (C=O) groups is 1. The van der Waals surface area contributed by atoms with Crippen molar-refractivity contribution in [1.82, 2.24) is 9.97 Å². The number of fused-ring (bicyclic) bond motifs is 1. The van der Waals surface area contributed by atoms with E-state index >= 15 is 0 Å². The number of allylic oxidation sites excluding steroid dienone is 2. The molecule has 0 spiro atoms. The van der Waals surface area contributed by atoms with Crippen molar-refractivity contribution in [3.63, 3.8) is 0 Å². The minimum Gasteiger partial charge on any atom is -0.383 e. The smallest absolute Gasteiger partial charge is 0.229 e. The summed E-state index contributed by atoms with van der Waals surface area (Å²) in [7, 11) is 0. The Morgan fingerprint density at radius 2 is 1.81 bits per heavy atom. The lowest BCUT2D eigenvalue weighted by Crippen LogP contribution is -2.36. The van der Waals surface area contributed by atoms with E-state index in [0.717, 1.165) is 43.6 Å². The van der Waals surface area contributed by atoms with Crippen LogP contribution in [0.1, 0.15) is 63.0 Å². The predicted molar refractivity (Wildman–Crippen MR) is 119 cm³/mol. The van der Waals surface area contributed by atoms with E-state index in [9.17, 15) is 9.18 Å². The van der Waals surface area contributed by atoms with Crippen molar-refractivity contribution in [2.24, 2.45) is 5.41 Å². The number of benzene rings is 1.